The van der Waals surface area contributed by atoms with Gasteiger partial charge in [-0.25, -0.2) is 4.39 Å². The zero-order valence-corrected chi connectivity index (χ0v) is 12.7. The number of fused-ring (bicyclic) bond motifs is 2. The van der Waals surface area contributed by atoms with Crippen LogP contribution in [0.5, 0.6) is 0 Å². The molecule has 1 aromatic heterocycles. The summed E-state index contributed by atoms with van der Waals surface area (Å²) in [4.78, 5) is 12.4. The number of furan rings is 1. The van der Waals surface area contributed by atoms with Crippen molar-refractivity contribution in [1.82, 2.24) is 10.6 Å². The Labute approximate surface area is 134 Å². The molecule has 2 atom stereocenters. The van der Waals surface area contributed by atoms with Crippen LogP contribution in [0.3, 0.4) is 0 Å². The number of carbonyl (C=O) groups is 1. The standard InChI is InChI=1S/C18H19FN2O2/c19-12-3-1-11(2-4-12)16-7-8-17(23-16)18(22)21-15-9-13-5-6-14(10-15)20-13/h1-4,7-8,13-15,20H,5-6,9-10H2,(H,21,22). The smallest absolute Gasteiger partial charge is 0.287 e. The molecular weight excluding hydrogens is 295 g/mol. The van der Waals surface area contributed by atoms with Crippen LogP contribution in [0.4, 0.5) is 4.39 Å². The van der Waals surface area contributed by atoms with Crippen LogP contribution in [0.2, 0.25) is 0 Å². The fourth-order valence-corrected chi connectivity index (χ4v) is 3.66. The molecule has 0 aliphatic carbocycles. The van der Waals surface area contributed by atoms with Gasteiger partial charge in [0.25, 0.3) is 5.91 Å². The first-order valence-electron chi connectivity index (χ1n) is 8.10. The third-order valence-electron chi connectivity index (χ3n) is 4.77. The summed E-state index contributed by atoms with van der Waals surface area (Å²) >= 11 is 0. The van der Waals surface area contributed by atoms with E-state index in [4.69, 9.17) is 4.42 Å². The Morgan fingerprint density at radius 1 is 1.09 bits per heavy atom. The molecule has 2 N–H and O–H groups in total. The molecule has 2 aliphatic rings. The van der Waals surface area contributed by atoms with Crippen molar-refractivity contribution in [2.24, 2.45) is 0 Å². The molecule has 0 saturated carbocycles. The van der Waals surface area contributed by atoms with E-state index in [0.717, 1.165) is 18.4 Å². The van der Waals surface area contributed by atoms with Crippen molar-refractivity contribution in [3.8, 4) is 11.3 Å². The second-order valence-electron chi connectivity index (χ2n) is 6.45. The summed E-state index contributed by atoms with van der Waals surface area (Å²) in [6.45, 7) is 0. The Balaban J connectivity index is 1.44. The average molecular weight is 314 g/mol. The molecule has 2 aromatic rings. The molecule has 1 aromatic carbocycles. The Bertz CT molecular complexity index is 698. The number of amides is 1. The lowest BCUT2D eigenvalue weighted by atomic mass is 10.00. The van der Waals surface area contributed by atoms with Gasteiger partial charge >= 0.3 is 0 Å². The molecule has 120 valence electrons. The van der Waals surface area contributed by atoms with E-state index in [1.54, 1.807) is 24.3 Å². The molecule has 2 fully saturated rings. The van der Waals surface area contributed by atoms with Gasteiger partial charge in [-0.3, -0.25) is 4.79 Å². The summed E-state index contributed by atoms with van der Waals surface area (Å²) in [7, 11) is 0. The number of carbonyl (C=O) groups excluding carboxylic acids is 1. The van der Waals surface area contributed by atoms with Crippen molar-refractivity contribution in [3.63, 3.8) is 0 Å². The van der Waals surface area contributed by atoms with Gasteiger partial charge in [-0.05, 0) is 62.1 Å². The van der Waals surface area contributed by atoms with Gasteiger partial charge in [-0.15, -0.1) is 0 Å². The van der Waals surface area contributed by atoms with E-state index < -0.39 is 0 Å². The summed E-state index contributed by atoms with van der Waals surface area (Å²) in [5.41, 5.74) is 0.755. The van der Waals surface area contributed by atoms with Gasteiger partial charge in [-0.2, -0.15) is 0 Å². The number of halogens is 1. The van der Waals surface area contributed by atoms with Gasteiger partial charge in [-0.1, -0.05) is 0 Å². The van der Waals surface area contributed by atoms with E-state index >= 15 is 0 Å². The maximum atomic E-state index is 13.0. The highest BCUT2D eigenvalue weighted by Crippen LogP contribution is 2.27. The van der Waals surface area contributed by atoms with Crippen LogP contribution in [-0.4, -0.2) is 24.0 Å². The van der Waals surface area contributed by atoms with Crippen LogP contribution in [-0.2, 0) is 0 Å². The zero-order valence-electron chi connectivity index (χ0n) is 12.7. The first-order valence-corrected chi connectivity index (χ1v) is 8.10. The molecule has 4 nitrogen and oxygen atoms in total. The quantitative estimate of drug-likeness (QED) is 0.915. The molecule has 1 amide bonds. The van der Waals surface area contributed by atoms with E-state index in [-0.39, 0.29) is 17.8 Å². The molecule has 2 bridgehead atoms. The maximum absolute atomic E-state index is 13.0. The lowest BCUT2D eigenvalue weighted by molar-refractivity contribution is 0.0896. The van der Waals surface area contributed by atoms with E-state index in [1.807, 2.05) is 0 Å². The molecule has 23 heavy (non-hydrogen) atoms. The summed E-state index contributed by atoms with van der Waals surface area (Å²) < 4.78 is 18.6. The third kappa shape index (κ3) is 3.01. The largest absolute Gasteiger partial charge is 0.451 e. The van der Waals surface area contributed by atoms with Gasteiger partial charge in [0.05, 0.1) is 0 Å². The first-order chi connectivity index (χ1) is 11.2. The third-order valence-corrected chi connectivity index (χ3v) is 4.77. The molecule has 2 unspecified atom stereocenters. The summed E-state index contributed by atoms with van der Waals surface area (Å²) in [5.74, 6) is 0.402. The summed E-state index contributed by atoms with van der Waals surface area (Å²) in [5, 5.41) is 6.64. The van der Waals surface area contributed by atoms with Crippen molar-refractivity contribution < 1.29 is 13.6 Å². The number of hydrogen-bond acceptors (Lipinski definition) is 3. The Morgan fingerprint density at radius 2 is 1.78 bits per heavy atom. The Hall–Kier alpha value is -2.14. The highest BCUT2D eigenvalue weighted by Gasteiger charge is 2.34. The van der Waals surface area contributed by atoms with E-state index in [1.165, 1.54) is 25.0 Å². The lowest BCUT2D eigenvalue weighted by Gasteiger charge is -2.29. The fraction of sp³-hybridized carbons (Fsp3) is 0.389. The zero-order chi connectivity index (χ0) is 15.8. The Morgan fingerprint density at radius 3 is 2.48 bits per heavy atom. The molecule has 3 heterocycles. The van der Waals surface area contributed by atoms with Crippen molar-refractivity contribution in [1.29, 1.82) is 0 Å². The summed E-state index contributed by atoms with van der Waals surface area (Å²) in [6.07, 6.45) is 4.36. The van der Waals surface area contributed by atoms with Gasteiger partial charge in [0.2, 0.25) is 0 Å². The normalized spacial score (nSPS) is 26.2. The number of nitrogens with one attached hydrogen (secondary N) is 2. The van der Waals surface area contributed by atoms with Crippen LogP contribution < -0.4 is 10.6 Å². The van der Waals surface area contributed by atoms with Crippen molar-refractivity contribution >= 4 is 5.91 Å². The molecule has 5 heteroatoms. The highest BCUT2D eigenvalue weighted by atomic mass is 19.1. The lowest BCUT2D eigenvalue weighted by Crippen LogP contribution is -2.47. The maximum Gasteiger partial charge on any atom is 0.287 e. The second-order valence-corrected chi connectivity index (χ2v) is 6.45. The molecule has 0 radical (unpaired) electrons. The second kappa shape index (κ2) is 5.81. The van der Waals surface area contributed by atoms with Gasteiger partial charge < -0.3 is 15.1 Å². The van der Waals surface area contributed by atoms with Crippen LogP contribution in [0.15, 0.2) is 40.8 Å². The van der Waals surface area contributed by atoms with Crippen LogP contribution in [0, 0.1) is 5.82 Å². The number of hydrogen-bond donors (Lipinski definition) is 2. The van der Waals surface area contributed by atoms with E-state index in [0.29, 0.717) is 23.6 Å². The summed E-state index contributed by atoms with van der Waals surface area (Å²) in [6, 6.07) is 10.7. The van der Waals surface area contributed by atoms with E-state index in [9.17, 15) is 9.18 Å². The predicted octanol–water partition coefficient (Wildman–Crippen LogP) is 3.10. The number of benzene rings is 1. The average Bonchev–Trinajstić information content (AvgIpc) is 3.15. The molecule has 2 aliphatic heterocycles. The van der Waals surface area contributed by atoms with Gasteiger partial charge in [0.15, 0.2) is 5.76 Å². The van der Waals surface area contributed by atoms with Crippen LogP contribution >= 0.6 is 0 Å². The van der Waals surface area contributed by atoms with Crippen molar-refractivity contribution in [3.05, 3.63) is 48.0 Å². The highest BCUT2D eigenvalue weighted by molar-refractivity contribution is 5.92. The molecule has 0 spiro atoms. The number of piperidine rings is 1. The van der Waals surface area contributed by atoms with Crippen LogP contribution in [0.25, 0.3) is 11.3 Å². The van der Waals surface area contributed by atoms with Crippen molar-refractivity contribution in [2.45, 2.75) is 43.8 Å². The van der Waals surface area contributed by atoms with Gasteiger partial charge in [0, 0.05) is 23.7 Å². The van der Waals surface area contributed by atoms with Crippen molar-refractivity contribution in [2.75, 3.05) is 0 Å². The van der Waals surface area contributed by atoms with E-state index in [2.05, 4.69) is 10.6 Å². The first kappa shape index (κ1) is 14.5. The van der Waals surface area contributed by atoms with Gasteiger partial charge in [0.1, 0.15) is 11.6 Å². The minimum absolute atomic E-state index is 0.176. The predicted molar refractivity (Wildman–Crippen MR) is 84.5 cm³/mol. The topological polar surface area (TPSA) is 54.3 Å². The molecule has 2 saturated heterocycles. The molecule has 4 rings (SSSR count). The van der Waals surface area contributed by atoms with Crippen LogP contribution in [0.1, 0.15) is 36.2 Å². The minimum atomic E-state index is -0.293. The minimum Gasteiger partial charge on any atom is -0.451 e. The Kier molecular flexibility index (Phi) is 3.65. The monoisotopic (exact) mass is 314 g/mol. The number of rotatable bonds is 3. The fourth-order valence-electron chi connectivity index (χ4n) is 3.66. The SMILES string of the molecule is O=C(NC1CC2CCC(C1)N2)c1ccc(-c2ccc(F)cc2)o1. The molecular formula is C18H19FN2O2.